The number of esters is 1. The lowest BCUT2D eigenvalue weighted by Gasteiger charge is -2.27. The lowest BCUT2D eigenvalue weighted by Crippen LogP contribution is -2.28. The van der Waals surface area contributed by atoms with Crippen molar-refractivity contribution in [1.82, 2.24) is 0 Å². The molecule has 2 rings (SSSR count). The highest BCUT2D eigenvalue weighted by atomic mass is 16.5. The molecule has 0 saturated carbocycles. The molecule has 0 spiro atoms. The number of ether oxygens (including phenoxy) is 1. The predicted octanol–water partition coefficient (Wildman–Crippen LogP) is 4.04. The summed E-state index contributed by atoms with van der Waals surface area (Å²) < 4.78 is 4.96. The first-order chi connectivity index (χ1) is 10.3. The zero-order chi connectivity index (χ0) is 15.1. The zero-order valence-corrected chi connectivity index (χ0v) is 12.5. The zero-order valence-electron chi connectivity index (χ0n) is 12.5. The summed E-state index contributed by atoms with van der Waals surface area (Å²) >= 11 is 0. The molecular weight excluding hydrogens is 262 g/mol. The molecule has 0 aliphatic carbocycles. The van der Waals surface area contributed by atoms with Crippen molar-refractivity contribution in [1.29, 1.82) is 0 Å². The SMILES string of the molecule is CC[C@H](C(=O)OC)[C@H](Nc1ccccc1)c1ccccc1. The Kier molecular flexibility index (Phi) is 5.38. The average molecular weight is 283 g/mol. The molecule has 2 aromatic rings. The lowest BCUT2D eigenvalue weighted by molar-refractivity contribution is -0.146. The Labute approximate surface area is 126 Å². The Hall–Kier alpha value is -2.29. The molecule has 0 saturated heterocycles. The average Bonchev–Trinajstić information content (AvgIpc) is 2.56. The van der Waals surface area contributed by atoms with Crippen LogP contribution in [0, 0.1) is 5.92 Å². The van der Waals surface area contributed by atoms with E-state index < -0.39 is 0 Å². The van der Waals surface area contributed by atoms with Crippen molar-refractivity contribution in [2.45, 2.75) is 19.4 Å². The second-order valence-electron chi connectivity index (χ2n) is 4.94. The van der Waals surface area contributed by atoms with Crippen molar-refractivity contribution in [2.24, 2.45) is 5.92 Å². The van der Waals surface area contributed by atoms with Crippen LogP contribution in [-0.4, -0.2) is 13.1 Å². The molecule has 3 heteroatoms. The van der Waals surface area contributed by atoms with Gasteiger partial charge in [-0.15, -0.1) is 0 Å². The molecule has 0 aliphatic rings. The first-order valence-electron chi connectivity index (χ1n) is 7.20. The maximum Gasteiger partial charge on any atom is 0.311 e. The molecule has 0 bridgehead atoms. The monoisotopic (exact) mass is 283 g/mol. The molecule has 0 heterocycles. The third-order valence-corrected chi connectivity index (χ3v) is 3.60. The van der Waals surface area contributed by atoms with E-state index in [4.69, 9.17) is 4.74 Å². The summed E-state index contributed by atoms with van der Waals surface area (Å²) in [5, 5.41) is 3.46. The van der Waals surface area contributed by atoms with Gasteiger partial charge in [-0.2, -0.15) is 0 Å². The van der Waals surface area contributed by atoms with E-state index in [1.165, 1.54) is 7.11 Å². The summed E-state index contributed by atoms with van der Waals surface area (Å²) in [5.74, 6) is -0.410. The van der Waals surface area contributed by atoms with Gasteiger partial charge in [-0.25, -0.2) is 0 Å². The van der Waals surface area contributed by atoms with Gasteiger partial charge in [0.2, 0.25) is 0 Å². The molecular formula is C18H21NO2. The summed E-state index contributed by atoms with van der Waals surface area (Å²) in [4.78, 5) is 12.1. The van der Waals surface area contributed by atoms with Gasteiger partial charge in [-0.1, -0.05) is 55.5 Å². The fourth-order valence-electron chi connectivity index (χ4n) is 2.48. The largest absolute Gasteiger partial charge is 0.469 e. The van der Waals surface area contributed by atoms with Crippen molar-refractivity contribution in [2.75, 3.05) is 12.4 Å². The normalized spacial score (nSPS) is 13.2. The first-order valence-corrected chi connectivity index (χ1v) is 7.20. The summed E-state index contributed by atoms with van der Waals surface area (Å²) in [6.45, 7) is 2.00. The number of methoxy groups -OCH3 is 1. The molecule has 21 heavy (non-hydrogen) atoms. The third kappa shape index (κ3) is 3.85. The topological polar surface area (TPSA) is 38.3 Å². The number of nitrogens with one attached hydrogen (secondary N) is 1. The number of carbonyl (C=O) groups is 1. The highest BCUT2D eigenvalue weighted by molar-refractivity contribution is 5.74. The van der Waals surface area contributed by atoms with Gasteiger partial charge < -0.3 is 10.1 Å². The van der Waals surface area contributed by atoms with E-state index in [0.717, 1.165) is 11.3 Å². The van der Waals surface area contributed by atoms with E-state index in [1.54, 1.807) is 0 Å². The number of hydrogen-bond acceptors (Lipinski definition) is 3. The predicted molar refractivity (Wildman–Crippen MR) is 85.0 cm³/mol. The van der Waals surface area contributed by atoms with Gasteiger partial charge in [0.15, 0.2) is 0 Å². The summed E-state index contributed by atoms with van der Waals surface area (Å²) in [5.41, 5.74) is 2.08. The Bertz CT molecular complexity index is 554. The van der Waals surface area contributed by atoms with E-state index in [0.29, 0.717) is 6.42 Å². The van der Waals surface area contributed by atoms with Crippen LogP contribution in [0.1, 0.15) is 24.9 Å². The number of rotatable bonds is 6. The van der Waals surface area contributed by atoms with Crippen LogP contribution >= 0.6 is 0 Å². The molecule has 0 unspecified atom stereocenters. The van der Waals surface area contributed by atoms with Crippen LogP contribution in [-0.2, 0) is 9.53 Å². The quantitative estimate of drug-likeness (QED) is 0.813. The van der Waals surface area contributed by atoms with Crippen molar-refractivity contribution in [3.8, 4) is 0 Å². The molecule has 0 fully saturated rings. The van der Waals surface area contributed by atoms with Crippen LogP contribution in [0.2, 0.25) is 0 Å². The van der Waals surface area contributed by atoms with Crippen molar-refractivity contribution >= 4 is 11.7 Å². The number of benzene rings is 2. The standard InChI is InChI=1S/C18H21NO2/c1-3-16(18(20)21-2)17(14-10-6-4-7-11-14)19-15-12-8-5-9-13-15/h4-13,16-17,19H,3H2,1-2H3/t16-,17+/m0/s1. The van der Waals surface area contributed by atoms with Crippen molar-refractivity contribution in [3.63, 3.8) is 0 Å². The maximum atomic E-state index is 12.1. The minimum Gasteiger partial charge on any atom is -0.469 e. The fourth-order valence-corrected chi connectivity index (χ4v) is 2.48. The molecule has 0 radical (unpaired) electrons. The number of carbonyl (C=O) groups excluding carboxylic acids is 1. The molecule has 1 N–H and O–H groups in total. The second-order valence-corrected chi connectivity index (χ2v) is 4.94. The third-order valence-electron chi connectivity index (χ3n) is 3.60. The van der Waals surface area contributed by atoms with Gasteiger partial charge in [0.25, 0.3) is 0 Å². The Morgan fingerprint density at radius 3 is 2.14 bits per heavy atom. The highest BCUT2D eigenvalue weighted by Crippen LogP contribution is 2.29. The van der Waals surface area contributed by atoms with Crippen LogP contribution < -0.4 is 5.32 Å². The van der Waals surface area contributed by atoms with E-state index in [9.17, 15) is 4.79 Å². The van der Waals surface area contributed by atoms with Gasteiger partial charge >= 0.3 is 5.97 Å². The van der Waals surface area contributed by atoms with Crippen LogP contribution in [0.3, 0.4) is 0 Å². The van der Waals surface area contributed by atoms with Gasteiger partial charge in [0.1, 0.15) is 0 Å². The van der Waals surface area contributed by atoms with Gasteiger partial charge in [-0.05, 0) is 24.1 Å². The van der Waals surface area contributed by atoms with Gasteiger partial charge in [0, 0.05) is 5.69 Å². The highest BCUT2D eigenvalue weighted by Gasteiger charge is 2.28. The van der Waals surface area contributed by atoms with Crippen LogP contribution in [0.5, 0.6) is 0 Å². The second kappa shape index (κ2) is 7.48. The minimum absolute atomic E-state index is 0.106. The molecule has 2 atom stereocenters. The molecule has 0 aromatic heterocycles. The van der Waals surface area contributed by atoms with Crippen molar-refractivity contribution in [3.05, 3.63) is 66.2 Å². The molecule has 2 aromatic carbocycles. The fraction of sp³-hybridized carbons (Fsp3) is 0.278. The Morgan fingerprint density at radius 2 is 1.62 bits per heavy atom. The Morgan fingerprint density at radius 1 is 1.05 bits per heavy atom. The van der Waals surface area contributed by atoms with Crippen LogP contribution in [0.15, 0.2) is 60.7 Å². The van der Waals surface area contributed by atoms with Crippen LogP contribution in [0.25, 0.3) is 0 Å². The molecule has 3 nitrogen and oxygen atoms in total. The van der Waals surface area contributed by atoms with E-state index >= 15 is 0 Å². The molecule has 110 valence electrons. The number of anilines is 1. The lowest BCUT2D eigenvalue weighted by atomic mass is 9.90. The van der Waals surface area contributed by atoms with E-state index in [-0.39, 0.29) is 17.9 Å². The summed E-state index contributed by atoms with van der Waals surface area (Å²) in [6, 6.07) is 19.8. The van der Waals surface area contributed by atoms with Gasteiger partial charge in [-0.3, -0.25) is 4.79 Å². The summed E-state index contributed by atoms with van der Waals surface area (Å²) in [7, 11) is 1.44. The maximum absolute atomic E-state index is 12.1. The minimum atomic E-state index is -0.224. The van der Waals surface area contributed by atoms with E-state index in [2.05, 4.69) is 5.32 Å². The van der Waals surface area contributed by atoms with Crippen molar-refractivity contribution < 1.29 is 9.53 Å². The molecule has 0 amide bonds. The molecule has 0 aliphatic heterocycles. The van der Waals surface area contributed by atoms with E-state index in [1.807, 2.05) is 67.6 Å². The number of hydrogen-bond donors (Lipinski definition) is 1. The Balaban J connectivity index is 2.32. The smallest absolute Gasteiger partial charge is 0.311 e. The first kappa shape index (κ1) is 15.1. The van der Waals surface area contributed by atoms with Crippen LogP contribution in [0.4, 0.5) is 5.69 Å². The number of para-hydroxylation sites is 1. The summed E-state index contributed by atoms with van der Waals surface area (Å²) in [6.07, 6.45) is 0.714. The van der Waals surface area contributed by atoms with Gasteiger partial charge in [0.05, 0.1) is 19.1 Å².